The number of rotatable bonds is 7. The van der Waals surface area contributed by atoms with Gasteiger partial charge in [0, 0.05) is 12.6 Å². The van der Waals surface area contributed by atoms with Crippen LogP contribution in [-0.2, 0) is 9.47 Å². The van der Waals surface area contributed by atoms with E-state index < -0.39 is 0 Å². The van der Waals surface area contributed by atoms with Crippen LogP contribution in [0, 0.1) is 0 Å². The summed E-state index contributed by atoms with van der Waals surface area (Å²) in [6, 6.07) is 7.91. The largest absolute Gasteiger partial charge is 0.497 e. The van der Waals surface area contributed by atoms with Crippen LogP contribution in [0.1, 0.15) is 37.9 Å². The Labute approximate surface area is 121 Å². The van der Waals surface area contributed by atoms with Crippen LogP contribution in [0.5, 0.6) is 5.75 Å². The lowest BCUT2D eigenvalue weighted by atomic mass is 10.0. The average molecular weight is 279 g/mol. The summed E-state index contributed by atoms with van der Waals surface area (Å²) >= 11 is 0. The van der Waals surface area contributed by atoms with E-state index in [1.165, 1.54) is 0 Å². The molecule has 2 N–H and O–H groups in total. The second-order valence-electron chi connectivity index (χ2n) is 5.24. The first-order valence-electron chi connectivity index (χ1n) is 7.37. The van der Waals surface area contributed by atoms with Crippen LogP contribution >= 0.6 is 0 Å². The van der Waals surface area contributed by atoms with Gasteiger partial charge in [0.05, 0.1) is 25.9 Å². The van der Waals surface area contributed by atoms with Gasteiger partial charge in [0.2, 0.25) is 0 Å². The topological polar surface area (TPSA) is 53.7 Å². The van der Waals surface area contributed by atoms with Crippen molar-refractivity contribution >= 4 is 0 Å². The van der Waals surface area contributed by atoms with Crippen molar-refractivity contribution in [3.8, 4) is 5.75 Å². The van der Waals surface area contributed by atoms with Gasteiger partial charge in [-0.15, -0.1) is 0 Å². The van der Waals surface area contributed by atoms with E-state index in [0.717, 1.165) is 37.2 Å². The monoisotopic (exact) mass is 279 g/mol. The second kappa shape index (κ2) is 7.62. The number of hydrogen-bond acceptors (Lipinski definition) is 4. The standard InChI is InChI=1S/C16H25NO3/c1-3-15(17)16(20-11-14-8-5-9-19-14)12-6-4-7-13(10-12)18-2/h4,6-7,10,14-16H,3,5,8-9,11,17H2,1-2H3. The summed E-state index contributed by atoms with van der Waals surface area (Å²) in [5, 5.41) is 0. The lowest BCUT2D eigenvalue weighted by molar-refractivity contribution is -0.0310. The molecule has 1 heterocycles. The summed E-state index contributed by atoms with van der Waals surface area (Å²) in [7, 11) is 1.67. The molecule has 3 unspecified atom stereocenters. The number of benzene rings is 1. The zero-order valence-electron chi connectivity index (χ0n) is 12.4. The van der Waals surface area contributed by atoms with E-state index in [1.54, 1.807) is 7.11 Å². The molecule has 1 aromatic carbocycles. The Morgan fingerprint density at radius 3 is 2.95 bits per heavy atom. The summed E-state index contributed by atoms with van der Waals surface area (Å²) < 4.78 is 16.9. The maximum atomic E-state index is 6.22. The molecule has 1 saturated heterocycles. The molecule has 0 aromatic heterocycles. The van der Waals surface area contributed by atoms with Gasteiger partial charge >= 0.3 is 0 Å². The first-order chi connectivity index (χ1) is 9.74. The summed E-state index contributed by atoms with van der Waals surface area (Å²) in [4.78, 5) is 0. The fourth-order valence-corrected chi connectivity index (χ4v) is 2.49. The first kappa shape index (κ1) is 15.3. The molecular weight excluding hydrogens is 254 g/mol. The van der Waals surface area contributed by atoms with Gasteiger partial charge < -0.3 is 19.9 Å². The molecular formula is C16H25NO3. The van der Waals surface area contributed by atoms with E-state index in [9.17, 15) is 0 Å². The molecule has 0 aliphatic carbocycles. The van der Waals surface area contributed by atoms with E-state index in [0.29, 0.717) is 6.61 Å². The molecule has 3 atom stereocenters. The highest BCUT2D eigenvalue weighted by atomic mass is 16.5. The zero-order chi connectivity index (χ0) is 14.4. The molecule has 1 fully saturated rings. The summed E-state index contributed by atoms with van der Waals surface area (Å²) in [5.74, 6) is 0.830. The number of methoxy groups -OCH3 is 1. The van der Waals surface area contributed by atoms with Crippen LogP contribution in [0.2, 0.25) is 0 Å². The summed E-state index contributed by atoms with van der Waals surface area (Å²) in [6.07, 6.45) is 3.17. The van der Waals surface area contributed by atoms with Gasteiger partial charge in [0.25, 0.3) is 0 Å². The summed E-state index contributed by atoms with van der Waals surface area (Å²) in [6.45, 7) is 3.53. The molecule has 1 aliphatic rings. The van der Waals surface area contributed by atoms with Gasteiger partial charge in [-0.2, -0.15) is 0 Å². The first-order valence-corrected chi connectivity index (χ1v) is 7.37. The zero-order valence-corrected chi connectivity index (χ0v) is 12.4. The maximum Gasteiger partial charge on any atom is 0.119 e. The second-order valence-corrected chi connectivity index (χ2v) is 5.24. The van der Waals surface area contributed by atoms with Crippen molar-refractivity contribution in [3.63, 3.8) is 0 Å². The Morgan fingerprint density at radius 1 is 1.45 bits per heavy atom. The van der Waals surface area contributed by atoms with Crippen LogP contribution in [-0.4, -0.2) is 32.5 Å². The normalized spacial score (nSPS) is 21.6. The van der Waals surface area contributed by atoms with Crippen molar-refractivity contribution in [2.24, 2.45) is 5.73 Å². The highest BCUT2D eigenvalue weighted by molar-refractivity contribution is 5.30. The Morgan fingerprint density at radius 2 is 2.30 bits per heavy atom. The molecule has 4 heteroatoms. The molecule has 1 aliphatic heterocycles. The highest BCUT2D eigenvalue weighted by Crippen LogP contribution is 2.26. The highest BCUT2D eigenvalue weighted by Gasteiger charge is 2.23. The lowest BCUT2D eigenvalue weighted by Gasteiger charge is -2.25. The van der Waals surface area contributed by atoms with Crippen molar-refractivity contribution in [3.05, 3.63) is 29.8 Å². The predicted octanol–water partition coefficient (Wildman–Crippen LogP) is 2.67. The third-order valence-corrected chi connectivity index (χ3v) is 3.77. The van der Waals surface area contributed by atoms with Crippen molar-refractivity contribution in [1.82, 2.24) is 0 Å². The van der Waals surface area contributed by atoms with Gasteiger partial charge in [-0.05, 0) is 37.0 Å². The van der Waals surface area contributed by atoms with Crippen molar-refractivity contribution in [2.45, 2.75) is 44.4 Å². The van der Waals surface area contributed by atoms with Gasteiger partial charge in [0.15, 0.2) is 0 Å². The minimum absolute atomic E-state index is 0.0245. The van der Waals surface area contributed by atoms with Crippen molar-refractivity contribution in [1.29, 1.82) is 0 Å². The fraction of sp³-hybridized carbons (Fsp3) is 0.625. The molecule has 0 bridgehead atoms. The Kier molecular flexibility index (Phi) is 5.83. The van der Waals surface area contributed by atoms with E-state index >= 15 is 0 Å². The van der Waals surface area contributed by atoms with E-state index in [1.807, 2.05) is 24.3 Å². The van der Waals surface area contributed by atoms with Crippen LogP contribution < -0.4 is 10.5 Å². The SMILES string of the molecule is CCC(N)C(OCC1CCCO1)c1cccc(OC)c1. The van der Waals surface area contributed by atoms with Gasteiger partial charge in [-0.1, -0.05) is 19.1 Å². The van der Waals surface area contributed by atoms with Gasteiger partial charge in [-0.3, -0.25) is 0 Å². The van der Waals surface area contributed by atoms with E-state index in [4.69, 9.17) is 19.9 Å². The van der Waals surface area contributed by atoms with E-state index in [-0.39, 0.29) is 18.2 Å². The van der Waals surface area contributed by atoms with E-state index in [2.05, 4.69) is 6.92 Å². The number of nitrogens with two attached hydrogens (primary N) is 1. The van der Waals surface area contributed by atoms with Gasteiger partial charge in [-0.25, -0.2) is 0 Å². The average Bonchev–Trinajstić information content (AvgIpc) is 3.00. The molecule has 4 nitrogen and oxygen atoms in total. The number of hydrogen-bond donors (Lipinski definition) is 1. The quantitative estimate of drug-likeness (QED) is 0.833. The van der Waals surface area contributed by atoms with Crippen LogP contribution in [0.3, 0.4) is 0 Å². The van der Waals surface area contributed by atoms with Crippen LogP contribution in [0.15, 0.2) is 24.3 Å². The summed E-state index contributed by atoms with van der Waals surface area (Å²) in [5.41, 5.74) is 7.29. The maximum absolute atomic E-state index is 6.22. The Hall–Kier alpha value is -1.10. The third-order valence-electron chi connectivity index (χ3n) is 3.77. The molecule has 1 aromatic rings. The minimum atomic E-state index is -0.112. The van der Waals surface area contributed by atoms with Crippen LogP contribution in [0.4, 0.5) is 0 Å². The molecule has 0 radical (unpaired) electrons. The molecule has 0 amide bonds. The predicted molar refractivity (Wildman–Crippen MR) is 78.9 cm³/mol. The lowest BCUT2D eigenvalue weighted by Crippen LogP contribution is -2.31. The van der Waals surface area contributed by atoms with Crippen molar-refractivity contribution < 1.29 is 14.2 Å². The minimum Gasteiger partial charge on any atom is -0.497 e. The molecule has 0 saturated carbocycles. The molecule has 112 valence electrons. The van der Waals surface area contributed by atoms with Crippen LogP contribution in [0.25, 0.3) is 0 Å². The third kappa shape index (κ3) is 3.95. The fourth-order valence-electron chi connectivity index (χ4n) is 2.49. The Balaban J connectivity index is 2.05. The van der Waals surface area contributed by atoms with Gasteiger partial charge in [0.1, 0.15) is 5.75 Å². The smallest absolute Gasteiger partial charge is 0.119 e. The molecule has 2 rings (SSSR count). The van der Waals surface area contributed by atoms with Crippen molar-refractivity contribution in [2.75, 3.05) is 20.3 Å². The molecule has 20 heavy (non-hydrogen) atoms. The number of ether oxygens (including phenoxy) is 3. The Bertz CT molecular complexity index is 404. The molecule has 0 spiro atoms.